The molecule has 0 aliphatic heterocycles. The van der Waals surface area contributed by atoms with Gasteiger partial charge in [0, 0.05) is 12.6 Å². The lowest BCUT2D eigenvalue weighted by atomic mass is 10.3. The Morgan fingerprint density at radius 1 is 1.41 bits per heavy atom. The summed E-state index contributed by atoms with van der Waals surface area (Å²) in [4.78, 5) is 0. The molecule has 4 heteroatoms. The molecule has 1 atom stereocenters. The fourth-order valence-electron chi connectivity index (χ4n) is 1.39. The molecule has 0 saturated heterocycles. The summed E-state index contributed by atoms with van der Waals surface area (Å²) in [7, 11) is 1.64. The molecule has 0 aliphatic rings. The van der Waals surface area contributed by atoms with Gasteiger partial charge in [0.15, 0.2) is 11.5 Å². The van der Waals surface area contributed by atoms with Crippen molar-refractivity contribution >= 4 is 15.9 Å². The highest BCUT2D eigenvalue weighted by molar-refractivity contribution is 9.10. The third-order valence-corrected chi connectivity index (χ3v) is 3.23. The van der Waals surface area contributed by atoms with E-state index >= 15 is 0 Å². The van der Waals surface area contributed by atoms with Crippen molar-refractivity contribution in [2.24, 2.45) is 0 Å². The molecule has 0 bridgehead atoms. The molecule has 1 N–H and O–H groups in total. The predicted octanol–water partition coefficient (Wildman–Crippen LogP) is 3.22. The lowest BCUT2D eigenvalue weighted by Crippen LogP contribution is -2.29. The molecule has 1 aromatic rings. The van der Waals surface area contributed by atoms with Crippen LogP contribution in [0.3, 0.4) is 0 Å². The van der Waals surface area contributed by atoms with Crippen molar-refractivity contribution < 1.29 is 9.47 Å². The van der Waals surface area contributed by atoms with Crippen LogP contribution in [0, 0.1) is 0 Å². The van der Waals surface area contributed by atoms with Crippen LogP contribution < -0.4 is 14.8 Å². The Morgan fingerprint density at radius 3 is 2.82 bits per heavy atom. The van der Waals surface area contributed by atoms with Crippen molar-refractivity contribution in [2.75, 3.05) is 20.3 Å². The average Bonchev–Trinajstić information content (AvgIpc) is 2.35. The van der Waals surface area contributed by atoms with E-state index in [9.17, 15) is 0 Å². The van der Waals surface area contributed by atoms with Crippen LogP contribution in [0.4, 0.5) is 0 Å². The summed E-state index contributed by atoms with van der Waals surface area (Å²) in [6, 6.07) is 6.29. The minimum absolute atomic E-state index is 0.528. The summed E-state index contributed by atoms with van der Waals surface area (Å²) in [6.45, 7) is 5.79. The Kier molecular flexibility index (Phi) is 6.37. The van der Waals surface area contributed by atoms with Gasteiger partial charge in [-0.2, -0.15) is 0 Å². The Bertz CT molecular complexity index is 344. The standard InChI is InChI=1S/C13H20BrNO2/c1-4-10(2)15-8-9-17-13-11(14)6-5-7-12(13)16-3/h5-7,10,15H,4,8-9H2,1-3H3. The van der Waals surface area contributed by atoms with Crippen LogP contribution in [0.5, 0.6) is 11.5 Å². The first kappa shape index (κ1) is 14.3. The van der Waals surface area contributed by atoms with E-state index < -0.39 is 0 Å². The molecular formula is C13H20BrNO2. The number of methoxy groups -OCH3 is 1. The number of ether oxygens (including phenoxy) is 2. The van der Waals surface area contributed by atoms with Crippen molar-refractivity contribution in [3.05, 3.63) is 22.7 Å². The molecule has 0 aliphatic carbocycles. The fourth-order valence-corrected chi connectivity index (χ4v) is 1.86. The van der Waals surface area contributed by atoms with Crippen LogP contribution in [-0.4, -0.2) is 26.3 Å². The Labute approximate surface area is 112 Å². The van der Waals surface area contributed by atoms with E-state index in [0.717, 1.165) is 28.9 Å². The minimum Gasteiger partial charge on any atom is -0.493 e. The highest BCUT2D eigenvalue weighted by Gasteiger charge is 2.08. The van der Waals surface area contributed by atoms with Gasteiger partial charge in [-0.1, -0.05) is 13.0 Å². The van der Waals surface area contributed by atoms with E-state index in [1.165, 1.54) is 0 Å². The van der Waals surface area contributed by atoms with Gasteiger partial charge in [-0.05, 0) is 41.4 Å². The zero-order valence-electron chi connectivity index (χ0n) is 10.6. The Balaban J connectivity index is 2.46. The number of halogens is 1. The first-order valence-electron chi connectivity index (χ1n) is 5.87. The van der Waals surface area contributed by atoms with Crippen LogP contribution in [0.25, 0.3) is 0 Å². The molecule has 1 aromatic carbocycles. The third-order valence-electron chi connectivity index (χ3n) is 2.60. The van der Waals surface area contributed by atoms with Crippen LogP contribution >= 0.6 is 15.9 Å². The normalized spacial score (nSPS) is 12.2. The summed E-state index contributed by atoms with van der Waals surface area (Å²) < 4.78 is 11.9. The number of hydrogen-bond donors (Lipinski definition) is 1. The highest BCUT2D eigenvalue weighted by atomic mass is 79.9. The second-order valence-corrected chi connectivity index (χ2v) is 4.74. The number of hydrogen-bond acceptors (Lipinski definition) is 3. The van der Waals surface area contributed by atoms with E-state index in [1.54, 1.807) is 7.11 Å². The molecule has 0 amide bonds. The Morgan fingerprint density at radius 2 is 2.18 bits per heavy atom. The first-order valence-corrected chi connectivity index (χ1v) is 6.67. The topological polar surface area (TPSA) is 30.5 Å². The zero-order valence-corrected chi connectivity index (χ0v) is 12.2. The summed E-state index contributed by atoms with van der Waals surface area (Å²) in [5.74, 6) is 1.52. The predicted molar refractivity (Wildman–Crippen MR) is 73.9 cm³/mol. The van der Waals surface area contributed by atoms with Gasteiger partial charge < -0.3 is 14.8 Å². The molecule has 0 aromatic heterocycles. The zero-order chi connectivity index (χ0) is 12.7. The average molecular weight is 302 g/mol. The van der Waals surface area contributed by atoms with Gasteiger partial charge in [0.05, 0.1) is 11.6 Å². The molecule has 1 rings (SSSR count). The lowest BCUT2D eigenvalue weighted by molar-refractivity contribution is 0.285. The molecule has 96 valence electrons. The number of nitrogens with one attached hydrogen (secondary N) is 1. The van der Waals surface area contributed by atoms with Gasteiger partial charge >= 0.3 is 0 Å². The van der Waals surface area contributed by atoms with Crippen molar-refractivity contribution in [2.45, 2.75) is 26.3 Å². The molecule has 0 radical (unpaired) electrons. The highest BCUT2D eigenvalue weighted by Crippen LogP contribution is 2.34. The van der Waals surface area contributed by atoms with Crippen LogP contribution in [-0.2, 0) is 0 Å². The van der Waals surface area contributed by atoms with Crippen LogP contribution in [0.1, 0.15) is 20.3 Å². The third kappa shape index (κ3) is 4.56. The molecule has 0 spiro atoms. The second-order valence-electron chi connectivity index (χ2n) is 3.88. The van der Waals surface area contributed by atoms with Crippen LogP contribution in [0.15, 0.2) is 22.7 Å². The van der Waals surface area contributed by atoms with Crippen molar-refractivity contribution in [1.82, 2.24) is 5.32 Å². The fraction of sp³-hybridized carbons (Fsp3) is 0.538. The molecule has 0 heterocycles. The van der Waals surface area contributed by atoms with E-state index in [4.69, 9.17) is 9.47 Å². The second kappa shape index (κ2) is 7.56. The van der Waals surface area contributed by atoms with Gasteiger partial charge in [-0.15, -0.1) is 0 Å². The molecule has 0 fully saturated rings. The molecule has 0 saturated carbocycles. The lowest BCUT2D eigenvalue weighted by Gasteiger charge is -2.14. The maximum atomic E-state index is 5.72. The number of para-hydroxylation sites is 1. The molecule has 3 nitrogen and oxygen atoms in total. The van der Waals surface area contributed by atoms with Gasteiger partial charge in [-0.3, -0.25) is 0 Å². The first-order chi connectivity index (χ1) is 8.19. The van der Waals surface area contributed by atoms with Gasteiger partial charge in [0.1, 0.15) is 6.61 Å². The largest absolute Gasteiger partial charge is 0.493 e. The summed E-state index contributed by atoms with van der Waals surface area (Å²) in [5.41, 5.74) is 0. The van der Waals surface area contributed by atoms with Gasteiger partial charge in [-0.25, -0.2) is 0 Å². The Hall–Kier alpha value is -0.740. The maximum absolute atomic E-state index is 5.72. The SMILES string of the molecule is CCC(C)NCCOc1c(Br)cccc1OC. The van der Waals surface area contributed by atoms with Gasteiger partial charge in [0.2, 0.25) is 0 Å². The van der Waals surface area contributed by atoms with Crippen molar-refractivity contribution in [3.63, 3.8) is 0 Å². The van der Waals surface area contributed by atoms with E-state index in [0.29, 0.717) is 12.6 Å². The summed E-state index contributed by atoms with van der Waals surface area (Å²) in [6.07, 6.45) is 1.12. The smallest absolute Gasteiger partial charge is 0.175 e. The number of benzene rings is 1. The summed E-state index contributed by atoms with van der Waals surface area (Å²) in [5, 5.41) is 3.38. The summed E-state index contributed by atoms with van der Waals surface area (Å²) >= 11 is 3.46. The maximum Gasteiger partial charge on any atom is 0.175 e. The van der Waals surface area contributed by atoms with Crippen molar-refractivity contribution in [3.8, 4) is 11.5 Å². The molecule has 17 heavy (non-hydrogen) atoms. The van der Waals surface area contributed by atoms with Crippen molar-refractivity contribution in [1.29, 1.82) is 0 Å². The minimum atomic E-state index is 0.528. The van der Waals surface area contributed by atoms with Crippen LogP contribution in [0.2, 0.25) is 0 Å². The number of rotatable bonds is 7. The van der Waals surface area contributed by atoms with E-state index in [-0.39, 0.29) is 0 Å². The monoisotopic (exact) mass is 301 g/mol. The molecular weight excluding hydrogens is 282 g/mol. The molecule has 1 unspecified atom stereocenters. The van der Waals surface area contributed by atoms with E-state index in [1.807, 2.05) is 18.2 Å². The quantitative estimate of drug-likeness (QED) is 0.785. The van der Waals surface area contributed by atoms with E-state index in [2.05, 4.69) is 35.1 Å². The van der Waals surface area contributed by atoms with Gasteiger partial charge in [0.25, 0.3) is 0 Å².